The van der Waals surface area contributed by atoms with Gasteiger partial charge in [-0.1, -0.05) is 12.5 Å². The van der Waals surface area contributed by atoms with E-state index in [9.17, 15) is 28.8 Å². The summed E-state index contributed by atoms with van der Waals surface area (Å²) < 4.78 is 98.7. The molecule has 94 heavy (non-hydrogen) atoms. The first-order valence-corrected chi connectivity index (χ1v) is 33.9. The Labute approximate surface area is 559 Å². The van der Waals surface area contributed by atoms with Gasteiger partial charge >= 0.3 is 12.0 Å². The van der Waals surface area contributed by atoms with Gasteiger partial charge in [0.1, 0.15) is 11.4 Å². The Hall–Kier alpha value is -4.65. The van der Waals surface area contributed by atoms with Gasteiger partial charge in [0.2, 0.25) is 11.8 Å². The number of benzene rings is 1. The fourth-order valence-corrected chi connectivity index (χ4v) is 9.92. The number of amides is 6. The average Bonchev–Trinajstić information content (AvgIpc) is 1.68. The van der Waals surface area contributed by atoms with Crippen molar-refractivity contribution in [3.05, 3.63) is 29.8 Å². The smallest absolute Gasteiger partial charge is 0.315 e. The Bertz CT molecular complexity index is 2090. The summed E-state index contributed by atoms with van der Waals surface area (Å²) in [4.78, 5) is 72.4. The molecule has 2 heterocycles. The van der Waals surface area contributed by atoms with Gasteiger partial charge in [0.25, 0.3) is 11.8 Å². The zero-order valence-electron chi connectivity index (χ0n) is 55.9. The van der Waals surface area contributed by atoms with Crippen LogP contribution in [0.15, 0.2) is 24.3 Å². The largest absolute Gasteiger partial charge is 0.484 e. The highest BCUT2D eigenvalue weighted by Crippen LogP contribution is 2.33. The number of carbonyl (C=O) groups excluding carboxylic acids is 6. The second-order valence-corrected chi connectivity index (χ2v) is 23.1. The normalized spacial score (nSPS) is 15.1. The van der Waals surface area contributed by atoms with E-state index in [0.717, 1.165) is 25.0 Å². The molecule has 30 nitrogen and oxygen atoms in total. The highest BCUT2D eigenvalue weighted by atomic mass is 32.2. The van der Waals surface area contributed by atoms with Gasteiger partial charge in [-0.15, -0.1) is 0 Å². The predicted molar refractivity (Wildman–Crippen MR) is 345 cm³/mol. The SMILES string of the molecule is CC(C)(C)OC(=O)CCOCCOCCOCCOCCNC(=O)COc1cccc(C(=O)NCCNC(=O)CCOCCOCCOCCOCCOCCOCCOCCOCCOCCOCCOCCOCCNC(=O)CCCC[C@@H]2SC[C@@H]3NC(=O)N[C@@H]32)c1. The molecule has 6 amide bonds. The first kappa shape index (κ1) is 83.6. The molecular formula is C63H110N6O24S. The van der Waals surface area contributed by atoms with Gasteiger partial charge in [-0.2, -0.15) is 11.8 Å². The summed E-state index contributed by atoms with van der Waals surface area (Å²) in [6.07, 6.45) is 3.63. The van der Waals surface area contributed by atoms with Crippen molar-refractivity contribution >= 4 is 47.4 Å². The summed E-state index contributed by atoms with van der Waals surface area (Å²) in [5.41, 5.74) is -0.171. The summed E-state index contributed by atoms with van der Waals surface area (Å²) in [5, 5.41) is 17.5. The van der Waals surface area contributed by atoms with E-state index in [1.165, 1.54) is 6.07 Å². The second-order valence-electron chi connectivity index (χ2n) is 21.9. The second kappa shape index (κ2) is 58.5. The van der Waals surface area contributed by atoms with Gasteiger partial charge in [0.15, 0.2) is 6.61 Å². The van der Waals surface area contributed by atoms with Gasteiger partial charge in [-0.05, 0) is 51.8 Å². The molecule has 3 atom stereocenters. The number of nitrogens with one attached hydrogen (secondary N) is 6. The lowest BCUT2D eigenvalue weighted by Crippen LogP contribution is -2.36. The minimum atomic E-state index is -0.511. The summed E-state index contributed by atoms with van der Waals surface area (Å²) in [6, 6.07) is 6.81. The quantitative estimate of drug-likeness (QED) is 0.0304. The fourth-order valence-electron chi connectivity index (χ4n) is 8.38. The molecule has 542 valence electrons. The number of rotatable bonds is 66. The third-order valence-corrected chi connectivity index (χ3v) is 14.5. The Morgan fingerprint density at radius 3 is 1.28 bits per heavy atom. The van der Waals surface area contributed by atoms with Crippen molar-refractivity contribution in [2.75, 3.05) is 250 Å². The summed E-state index contributed by atoms with van der Waals surface area (Å²) >= 11 is 1.89. The van der Waals surface area contributed by atoms with Crippen LogP contribution in [0, 0.1) is 0 Å². The topological polar surface area (TPSA) is 341 Å². The monoisotopic (exact) mass is 1370 g/mol. The maximum Gasteiger partial charge on any atom is 0.315 e. The molecule has 2 fully saturated rings. The van der Waals surface area contributed by atoms with Crippen LogP contribution in [0.4, 0.5) is 4.79 Å². The van der Waals surface area contributed by atoms with Crippen LogP contribution in [-0.2, 0) is 99.7 Å². The van der Waals surface area contributed by atoms with E-state index in [-0.39, 0.29) is 100 Å². The van der Waals surface area contributed by atoms with Gasteiger partial charge in [0, 0.05) is 55.6 Å². The number of ether oxygens (including phenoxy) is 18. The molecule has 1 aromatic carbocycles. The summed E-state index contributed by atoms with van der Waals surface area (Å²) in [5.74, 6) is 0.119. The molecule has 1 aromatic rings. The van der Waals surface area contributed by atoms with E-state index in [4.69, 9.17) is 85.3 Å². The zero-order chi connectivity index (χ0) is 67.5. The zero-order valence-corrected chi connectivity index (χ0v) is 56.7. The van der Waals surface area contributed by atoms with Crippen LogP contribution in [0.3, 0.4) is 0 Å². The van der Waals surface area contributed by atoms with Crippen LogP contribution < -0.4 is 36.6 Å². The minimum Gasteiger partial charge on any atom is -0.484 e. The lowest BCUT2D eigenvalue weighted by molar-refractivity contribution is -0.156. The molecule has 0 aliphatic carbocycles. The Balaban J connectivity index is 0.922. The Kier molecular flexibility index (Phi) is 52.0. The number of urea groups is 1. The van der Waals surface area contributed by atoms with E-state index in [2.05, 4.69) is 31.9 Å². The van der Waals surface area contributed by atoms with Crippen LogP contribution in [0.5, 0.6) is 5.75 Å². The fraction of sp³-hybridized carbons (Fsp3) is 0.810. The van der Waals surface area contributed by atoms with Crippen molar-refractivity contribution in [3.63, 3.8) is 0 Å². The molecule has 0 aromatic heterocycles. The average molecular weight is 1370 g/mol. The lowest BCUT2D eigenvalue weighted by atomic mass is 10.0. The predicted octanol–water partition coefficient (Wildman–Crippen LogP) is 1.26. The first-order chi connectivity index (χ1) is 45.9. The van der Waals surface area contributed by atoms with Crippen molar-refractivity contribution in [3.8, 4) is 5.75 Å². The maximum absolute atomic E-state index is 12.7. The molecule has 0 spiro atoms. The van der Waals surface area contributed by atoms with Gasteiger partial charge in [-0.25, -0.2) is 4.79 Å². The highest BCUT2D eigenvalue weighted by Gasteiger charge is 2.42. The van der Waals surface area contributed by atoms with Crippen LogP contribution in [0.1, 0.15) is 69.7 Å². The molecule has 2 aliphatic heterocycles. The van der Waals surface area contributed by atoms with Gasteiger partial charge in [-0.3, -0.25) is 24.0 Å². The number of carbonyl (C=O) groups is 6. The van der Waals surface area contributed by atoms with Crippen molar-refractivity contribution in [2.24, 2.45) is 0 Å². The molecule has 2 saturated heterocycles. The number of esters is 1. The number of thioether (sulfide) groups is 1. The van der Waals surface area contributed by atoms with Crippen LogP contribution >= 0.6 is 11.8 Å². The van der Waals surface area contributed by atoms with Crippen molar-refractivity contribution < 1.29 is 114 Å². The molecule has 3 rings (SSSR count). The van der Waals surface area contributed by atoms with E-state index in [0.29, 0.717) is 228 Å². The molecule has 2 aliphatic rings. The molecule has 0 radical (unpaired) electrons. The van der Waals surface area contributed by atoms with Crippen molar-refractivity contribution in [2.45, 2.75) is 82.2 Å². The number of unbranched alkanes of at least 4 members (excludes halogenated alkanes) is 1. The maximum atomic E-state index is 12.7. The van der Waals surface area contributed by atoms with Crippen LogP contribution in [-0.4, -0.2) is 309 Å². The van der Waals surface area contributed by atoms with E-state index < -0.39 is 5.60 Å². The molecule has 31 heteroatoms. The number of hydrogen-bond acceptors (Lipinski definition) is 25. The lowest BCUT2D eigenvalue weighted by Gasteiger charge is -2.19. The van der Waals surface area contributed by atoms with Gasteiger partial charge < -0.3 is 117 Å². The summed E-state index contributed by atoms with van der Waals surface area (Å²) in [6.45, 7) is 19.5. The molecular weight excluding hydrogens is 1260 g/mol. The van der Waals surface area contributed by atoms with Crippen LogP contribution in [0.2, 0.25) is 0 Å². The number of fused-ring (bicyclic) bond motifs is 1. The molecule has 0 bridgehead atoms. The number of hydrogen-bond donors (Lipinski definition) is 6. The third-order valence-electron chi connectivity index (χ3n) is 13.0. The van der Waals surface area contributed by atoms with E-state index in [1.807, 2.05) is 32.5 Å². The molecule has 0 unspecified atom stereocenters. The molecule has 0 saturated carbocycles. The van der Waals surface area contributed by atoms with Gasteiger partial charge in [0.05, 0.1) is 230 Å². The van der Waals surface area contributed by atoms with E-state index >= 15 is 0 Å². The third kappa shape index (κ3) is 49.8. The minimum absolute atomic E-state index is 0.0311. The van der Waals surface area contributed by atoms with Crippen LogP contribution in [0.25, 0.3) is 0 Å². The van der Waals surface area contributed by atoms with E-state index in [1.54, 1.807) is 18.2 Å². The first-order valence-electron chi connectivity index (χ1n) is 32.8. The standard InChI is InChI=1S/C63H110N6O24S/c1-63(2,3)93-59(73)12-18-77-22-26-81-29-31-83-28-24-79-20-16-66-58(72)50-92-53-8-6-7-52(49-53)61(74)67-14-13-64-57(71)11-17-76-21-25-80-30-33-84-35-37-86-39-41-88-43-45-90-47-48-91-46-44-89-42-40-87-38-36-85-34-32-82-27-23-78-19-15-65-56(70)10-5-4-9-55-60-54(51-94-55)68-62(75)69-60/h6-8,49,54-55,60H,4-5,9-48,50-51H2,1-3H3,(H,64,71)(H,65,70)(H,66,72)(H,67,74)(H2,68,69,75)/t54-,55-,60-/m0/s1. The molecule has 6 N–H and O–H groups in total. The Morgan fingerprint density at radius 1 is 0.447 bits per heavy atom. The van der Waals surface area contributed by atoms with Crippen molar-refractivity contribution in [1.29, 1.82) is 0 Å². The Morgan fingerprint density at radius 2 is 0.830 bits per heavy atom. The highest BCUT2D eigenvalue weighted by molar-refractivity contribution is 8.00. The summed E-state index contributed by atoms with van der Waals surface area (Å²) in [7, 11) is 0. The van der Waals surface area contributed by atoms with Crippen molar-refractivity contribution in [1.82, 2.24) is 31.9 Å².